The summed E-state index contributed by atoms with van der Waals surface area (Å²) in [6, 6.07) is 0. The molecule has 0 aromatic carbocycles. The standard InChI is InChI=1S/BrH.HI.H2O4S/c;;1-5(2,3)4/h2*1H;(H2,1,2,3,4). The van der Waals surface area contributed by atoms with Gasteiger partial charge < -0.3 is 0 Å². The van der Waals surface area contributed by atoms with Crippen LogP contribution in [0.2, 0.25) is 0 Å². The van der Waals surface area contributed by atoms with Crippen molar-refractivity contribution in [1.29, 1.82) is 0 Å². The van der Waals surface area contributed by atoms with Crippen molar-refractivity contribution in [2.75, 3.05) is 0 Å². The molecule has 0 saturated carbocycles. The largest absolute Gasteiger partial charge is 0.394 e. The van der Waals surface area contributed by atoms with E-state index in [9.17, 15) is 0 Å². The molecule has 48 valence electrons. The van der Waals surface area contributed by atoms with Gasteiger partial charge in [-0.2, -0.15) is 8.42 Å². The second-order valence-electron chi connectivity index (χ2n) is 0.448. The van der Waals surface area contributed by atoms with Crippen LogP contribution in [0.3, 0.4) is 0 Å². The first kappa shape index (κ1) is 15.7. The summed E-state index contributed by atoms with van der Waals surface area (Å²) in [4.78, 5) is 0. The molecule has 7 heteroatoms. The Morgan fingerprint density at radius 3 is 1.14 bits per heavy atom. The molecule has 2 N–H and O–H groups in total. The lowest BCUT2D eigenvalue weighted by atomic mass is 15.8. The van der Waals surface area contributed by atoms with E-state index in [2.05, 4.69) is 0 Å². The molecule has 0 aliphatic carbocycles. The molecule has 0 atom stereocenters. The average Bonchev–Trinajstić information content (AvgIpc) is 0.722. The Balaban J connectivity index is -0.0000000800. The predicted molar refractivity (Wildman–Crippen MR) is 39.9 cm³/mol. The van der Waals surface area contributed by atoms with Gasteiger partial charge in [0.1, 0.15) is 0 Å². The SMILES string of the molecule is Br.I.O=S(=O)(O)O. The minimum atomic E-state index is -4.67. The van der Waals surface area contributed by atoms with Gasteiger partial charge in [-0.05, 0) is 0 Å². The first-order valence-electron chi connectivity index (χ1n) is 0.698. The molecule has 0 aromatic heterocycles. The topological polar surface area (TPSA) is 74.6 Å². The van der Waals surface area contributed by atoms with Gasteiger partial charge in [-0.3, -0.25) is 9.11 Å². The summed E-state index contributed by atoms with van der Waals surface area (Å²) < 4.78 is 31.6. The van der Waals surface area contributed by atoms with Gasteiger partial charge in [0.05, 0.1) is 0 Å². The Morgan fingerprint density at radius 2 is 1.14 bits per heavy atom. The molecule has 7 heavy (non-hydrogen) atoms. The summed E-state index contributed by atoms with van der Waals surface area (Å²) in [6.45, 7) is 0. The van der Waals surface area contributed by atoms with E-state index in [1.54, 1.807) is 0 Å². The lowest BCUT2D eigenvalue weighted by molar-refractivity contribution is 0.381. The number of rotatable bonds is 0. The van der Waals surface area contributed by atoms with Gasteiger partial charge in [-0.15, -0.1) is 41.0 Å². The molecule has 0 aromatic rings. The van der Waals surface area contributed by atoms with Crippen LogP contribution in [-0.2, 0) is 10.4 Å². The fourth-order valence-electron chi connectivity index (χ4n) is 0. The predicted octanol–water partition coefficient (Wildman–Crippen LogP) is 0.543. The summed E-state index contributed by atoms with van der Waals surface area (Å²) in [5.41, 5.74) is 0. The molecule has 0 aliphatic heterocycles. The first-order valence-corrected chi connectivity index (χ1v) is 2.10. The van der Waals surface area contributed by atoms with Crippen molar-refractivity contribution in [1.82, 2.24) is 0 Å². The maximum absolute atomic E-state index is 8.74. The number of hydrogen-bond donors (Lipinski definition) is 2. The molecular weight excluding hydrogens is 303 g/mol. The van der Waals surface area contributed by atoms with E-state index >= 15 is 0 Å². The number of halogens is 2. The Bertz CT molecular complexity index is 94.9. The molecular formula is H4BrIO4S. The van der Waals surface area contributed by atoms with Gasteiger partial charge in [0.25, 0.3) is 0 Å². The fourth-order valence-corrected chi connectivity index (χ4v) is 0. The Hall–Kier alpha value is 1.08. The second-order valence-corrected chi connectivity index (χ2v) is 1.34. The molecule has 0 aliphatic rings. The van der Waals surface area contributed by atoms with Gasteiger partial charge in [-0.1, -0.05) is 0 Å². The molecule has 4 nitrogen and oxygen atoms in total. The van der Waals surface area contributed by atoms with E-state index in [4.69, 9.17) is 17.5 Å². The third kappa shape index (κ3) is 157. The van der Waals surface area contributed by atoms with Crippen LogP contribution in [0.15, 0.2) is 0 Å². The number of hydrogen-bond acceptors (Lipinski definition) is 2. The van der Waals surface area contributed by atoms with E-state index in [0.717, 1.165) is 0 Å². The second kappa shape index (κ2) is 5.22. The highest BCUT2D eigenvalue weighted by Gasteiger charge is 1.84. The molecule has 0 unspecified atom stereocenters. The van der Waals surface area contributed by atoms with Crippen molar-refractivity contribution < 1.29 is 17.5 Å². The molecule has 0 spiro atoms. The summed E-state index contributed by atoms with van der Waals surface area (Å²) >= 11 is 0. The molecule has 0 bridgehead atoms. The van der Waals surface area contributed by atoms with E-state index < -0.39 is 10.4 Å². The van der Waals surface area contributed by atoms with Crippen molar-refractivity contribution >= 4 is 51.4 Å². The van der Waals surface area contributed by atoms with Crippen LogP contribution >= 0.6 is 41.0 Å². The lowest BCUT2D eigenvalue weighted by Crippen LogP contribution is -1.89. The van der Waals surface area contributed by atoms with Crippen LogP contribution in [0.4, 0.5) is 0 Å². The molecule has 0 rings (SSSR count). The Morgan fingerprint density at radius 1 is 1.14 bits per heavy atom. The van der Waals surface area contributed by atoms with Crippen LogP contribution in [0, 0.1) is 0 Å². The van der Waals surface area contributed by atoms with E-state index in [0.29, 0.717) is 0 Å². The van der Waals surface area contributed by atoms with Crippen LogP contribution in [-0.4, -0.2) is 17.5 Å². The molecule has 0 saturated heterocycles. The van der Waals surface area contributed by atoms with Crippen molar-refractivity contribution in [3.8, 4) is 0 Å². The highest BCUT2D eigenvalue weighted by atomic mass is 127. The fraction of sp³-hybridized carbons (Fsp3) is 0. The Labute approximate surface area is 68.7 Å². The lowest BCUT2D eigenvalue weighted by Gasteiger charge is -1.68. The van der Waals surface area contributed by atoms with Crippen molar-refractivity contribution in [2.45, 2.75) is 0 Å². The Kier molecular flexibility index (Phi) is 11.7. The minimum absolute atomic E-state index is 0. The van der Waals surface area contributed by atoms with Crippen LogP contribution < -0.4 is 0 Å². The normalized spacial score (nSPS) is 8.29. The van der Waals surface area contributed by atoms with Gasteiger partial charge in [-0.25, -0.2) is 0 Å². The average molecular weight is 307 g/mol. The smallest absolute Gasteiger partial charge is 0.264 e. The maximum Gasteiger partial charge on any atom is 0.394 e. The van der Waals surface area contributed by atoms with E-state index in [-0.39, 0.29) is 41.0 Å². The monoisotopic (exact) mass is 306 g/mol. The quantitative estimate of drug-likeness (QED) is 0.506. The van der Waals surface area contributed by atoms with Crippen molar-refractivity contribution in [2.24, 2.45) is 0 Å². The zero-order valence-corrected chi connectivity index (χ0v) is 7.80. The molecule has 0 radical (unpaired) electrons. The van der Waals surface area contributed by atoms with Gasteiger partial charge in [0.2, 0.25) is 0 Å². The summed E-state index contributed by atoms with van der Waals surface area (Å²) in [6.07, 6.45) is 0. The van der Waals surface area contributed by atoms with Gasteiger partial charge in [0, 0.05) is 0 Å². The van der Waals surface area contributed by atoms with Crippen molar-refractivity contribution in [3.63, 3.8) is 0 Å². The first-order chi connectivity index (χ1) is 2.00. The summed E-state index contributed by atoms with van der Waals surface area (Å²) in [5, 5.41) is 0. The third-order valence-electron chi connectivity index (χ3n) is 0. The molecule has 0 fully saturated rings. The summed E-state index contributed by atoms with van der Waals surface area (Å²) in [7, 11) is -4.67. The van der Waals surface area contributed by atoms with E-state index in [1.165, 1.54) is 0 Å². The zero-order valence-electron chi connectivity index (χ0n) is 2.94. The highest BCUT2D eigenvalue weighted by molar-refractivity contribution is 14.0. The third-order valence-corrected chi connectivity index (χ3v) is 0. The summed E-state index contributed by atoms with van der Waals surface area (Å²) in [5.74, 6) is 0. The van der Waals surface area contributed by atoms with Gasteiger partial charge in [0.15, 0.2) is 0 Å². The van der Waals surface area contributed by atoms with E-state index in [1.807, 2.05) is 0 Å². The molecule has 0 heterocycles. The minimum Gasteiger partial charge on any atom is -0.264 e. The maximum atomic E-state index is 8.74. The van der Waals surface area contributed by atoms with Crippen LogP contribution in [0.1, 0.15) is 0 Å². The van der Waals surface area contributed by atoms with Crippen molar-refractivity contribution in [3.05, 3.63) is 0 Å². The van der Waals surface area contributed by atoms with Crippen LogP contribution in [0.25, 0.3) is 0 Å². The highest BCUT2D eigenvalue weighted by Crippen LogP contribution is 1.59. The van der Waals surface area contributed by atoms with Gasteiger partial charge >= 0.3 is 10.4 Å². The van der Waals surface area contributed by atoms with Crippen LogP contribution in [0.5, 0.6) is 0 Å². The molecule has 0 amide bonds. The zero-order chi connectivity index (χ0) is 4.50.